The molecule has 0 saturated carbocycles. The smallest absolute Gasteiger partial charge is 0.356 e. The van der Waals surface area contributed by atoms with Crippen LogP contribution >= 0.6 is 0 Å². The molecule has 1 saturated heterocycles. The molecular formula is C35H38N4O5. The minimum absolute atomic E-state index is 0.192. The van der Waals surface area contributed by atoms with Gasteiger partial charge in [-0.05, 0) is 62.4 Å². The number of esters is 1. The van der Waals surface area contributed by atoms with Crippen molar-refractivity contribution < 1.29 is 24.2 Å². The molecule has 2 aromatic carbocycles. The lowest BCUT2D eigenvalue weighted by atomic mass is 10.1. The zero-order valence-corrected chi connectivity index (χ0v) is 25.4. The fourth-order valence-electron chi connectivity index (χ4n) is 5.16. The Morgan fingerprint density at radius 3 is 2.59 bits per heavy atom. The van der Waals surface area contributed by atoms with Gasteiger partial charge in [-0.3, -0.25) is 4.79 Å². The predicted molar refractivity (Wildman–Crippen MR) is 170 cm³/mol. The standard InChI is InChI=1S/C35H38N4O5/c1-35(2,42)17-15-25-11-13-26(14-12-25)21-36-28-20-29-30(38-33(40)27-16-19-44-23-27)31(34(41)43-3)39(32(29)37-22-28)18-7-10-24-8-5-4-6-9-24/h4-6,8-9,11-14,20,22,27,36,42H,7,10,16,18-19,21,23H2,1-3H3,(H,38,40). The number of hydrogen-bond donors (Lipinski definition) is 3. The normalized spacial score (nSPS) is 14.6. The van der Waals surface area contributed by atoms with Crippen molar-refractivity contribution in [3.05, 3.63) is 89.2 Å². The summed E-state index contributed by atoms with van der Waals surface area (Å²) in [6.45, 7) is 5.22. The van der Waals surface area contributed by atoms with Gasteiger partial charge in [0.25, 0.3) is 0 Å². The molecule has 1 fully saturated rings. The van der Waals surface area contributed by atoms with Crippen LogP contribution in [0.5, 0.6) is 0 Å². The highest BCUT2D eigenvalue weighted by molar-refractivity contribution is 6.11. The van der Waals surface area contributed by atoms with Gasteiger partial charge in [0.2, 0.25) is 5.91 Å². The minimum Gasteiger partial charge on any atom is -0.464 e. The maximum atomic E-state index is 13.2. The SMILES string of the molecule is COC(=O)c1c(NC(=O)C2CCOC2)c2cc(NCc3ccc(C#CC(C)(C)O)cc3)cnc2n1CCCc1ccccc1. The van der Waals surface area contributed by atoms with Crippen molar-refractivity contribution in [2.24, 2.45) is 5.92 Å². The molecule has 228 valence electrons. The number of methoxy groups -OCH3 is 1. The summed E-state index contributed by atoms with van der Waals surface area (Å²) in [5, 5.41) is 16.9. The van der Waals surface area contributed by atoms with Gasteiger partial charge in [-0.1, -0.05) is 54.3 Å². The third-order valence-electron chi connectivity index (χ3n) is 7.48. The van der Waals surface area contributed by atoms with Crippen LogP contribution in [0.2, 0.25) is 0 Å². The van der Waals surface area contributed by atoms with Crippen molar-refractivity contribution in [2.75, 3.05) is 31.0 Å². The molecule has 9 heteroatoms. The maximum absolute atomic E-state index is 13.2. The van der Waals surface area contributed by atoms with Crippen LogP contribution in [0.1, 0.15) is 53.9 Å². The topological polar surface area (TPSA) is 115 Å². The minimum atomic E-state index is -1.05. The third-order valence-corrected chi connectivity index (χ3v) is 7.48. The van der Waals surface area contributed by atoms with Crippen molar-refractivity contribution in [1.82, 2.24) is 9.55 Å². The Hall–Kier alpha value is -4.65. The first-order valence-corrected chi connectivity index (χ1v) is 14.8. The second-order valence-corrected chi connectivity index (χ2v) is 11.5. The summed E-state index contributed by atoms with van der Waals surface area (Å²) >= 11 is 0. The lowest BCUT2D eigenvalue weighted by Crippen LogP contribution is -2.24. The summed E-state index contributed by atoms with van der Waals surface area (Å²) in [4.78, 5) is 31.2. The Morgan fingerprint density at radius 2 is 1.91 bits per heavy atom. The van der Waals surface area contributed by atoms with Gasteiger partial charge in [0.1, 0.15) is 11.2 Å². The molecule has 44 heavy (non-hydrogen) atoms. The first-order valence-electron chi connectivity index (χ1n) is 14.8. The van der Waals surface area contributed by atoms with E-state index in [0.717, 1.165) is 29.7 Å². The first kappa shape index (κ1) is 30.8. The summed E-state index contributed by atoms with van der Waals surface area (Å²) < 4.78 is 12.5. The number of aryl methyl sites for hydroxylation is 2. The van der Waals surface area contributed by atoms with E-state index in [4.69, 9.17) is 14.5 Å². The lowest BCUT2D eigenvalue weighted by Gasteiger charge is -2.12. The summed E-state index contributed by atoms with van der Waals surface area (Å²) in [6.07, 6.45) is 3.95. The fraction of sp³-hybridized carbons (Fsp3) is 0.343. The van der Waals surface area contributed by atoms with Crippen LogP contribution in [0, 0.1) is 17.8 Å². The van der Waals surface area contributed by atoms with Crippen molar-refractivity contribution in [2.45, 2.75) is 51.8 Å². The Bertz CT molecular complexity index is 1670. The first-order chi connectivity index (χ1) is 21.2. The number of ether oxygens (including phenoxy) is 2. The Labute approximate surface area is 257 Å². The molecule has 3 N–H and O–H groups in total. The second-order valence-electron chi connectivity index (χ2n) is 11.5. The average molecular weight is 595 g/mol. The van der Waals surface area contributed by atoms with Crippen LogP contribution in [0.25, 0.3) is 11.0 Å². The second kappa shape index (κ2) is 13.8. The van der Waals surface area contributed by atoms with Crippen molar-refractivity contribution in [3.8, 4) is 11.8 Å². The molecule has 0 spiro atoms. The number of hydrogen-bond acceptors (Lipinski definition) is 7. The van der Waals surface area contributed by atoms with E-state index in [1.165, 1.54) is 12.7 Å². The van der Waals surface area contributed by atoms with Gasteiger partial charge < -0.3 is 29.8 Å². The number of fused-ring (bicyclic) bond motifs is 1. The Kier molecular flexibility index (Phi) is 9.63. The number of rotatable bonds is 10. The molecule has 9 nitrogen and oxygen atoms in total. The molecule has 1 amide bonds. The fourth-order valence-corrected chi connectivity index (χ4v) is 5.16. The van der Waals surface area contributed by atoms with Gasteiger partial charge in [0, 0.05) is 30.6 Å². The molecule has 0 aliphatic carbocycles. The molecule has 0 bridgehead atoms. The molecule has 2 aromatic heterocycles. The number of anilines is 2. The number of nitrogens with one attached hydrogen (secondary N) is 2. The molecule has 5 rings (SSSR count). The monoisotopic (exact) mass is 594 g/mol. The van der Waals surface area contributed by atoms with E-state index in [2.05, 4.69) is 34.6 Å². The van der Waals surface area contributed by atoms with Crippen LogP contribution in [0.3, 0.4) is 0 Å². The van der Waals surface area contributed by atoms with E-state index >= 15 is 0 Å². The van der Waals surface area contributed by atoms with Crippen molar-refractivity contribution in [1.29, 1.82) is 0 Å². The largest absolute Gasteiger partial charge is 0.464 e. The molecule has 0 radical (unpaired) electrons. The highest BCUT2D eigenvalue weighted by Gasteiger charge is 2.29. The van der Waals surface area contributed by atoms with E-state index < -0.39 is 11.6 Å². The number of carbonyl (C=O) groups excluding carboxylic acids is 2. The van der Waals surface area contributed by atoms with E-state index in [1.807, 2.05) is 53.1 Å². The zero-order valence-electron chi connectivity index (χ0n) is 25.4. The Morgan fingerprint density at radius 1 is 1.14 bits per heavy atom. The van der Waals surface area contributed by atoms with Gasteiger partial charge in [0.05, 0.1) is 37.2 Å². The molecule has 1 aliphatic heterocycles. The van der Waals surface area contributed by atoms with Crippen LogP contribution in [-0.2, 0) is 33.8 Å². The summed E-state index contributed by atoms with van der Waals surface area (Å²) in [6, 6.07) is 19.9. The average Bonchev–Trinajstić information content (AvgIpc) is 3.67. The van der Waals surface area contributed by atoms with Gasteiger partial charge in [-0.25, -0.2) is 9.78 Å². The number of amides is 1. The quantitative estimate of drug-likeness (QED) is 0.172. The van der Waals surface area contributed by atoms with Gasteiger partial charge >= 0.3 is 5.97 Å². The highest BCUT2D eigenvalue weighted by Crippen LogP contribution is 2.34. The van der Waals surface area contributed by atoms with E-state index in [-0.39, 0.29) is 17.5 Å². The molecule has 1 atom stereocenters. The Balaban J connectivity index is 1.43. The van der Waals surface area contributed by atoms with Gasteiger partial charge in [-0.2, -0.15) is 0 Å². The molecule has 3 heterocycles. The molecule has 1 unspecified atom stereocenters. The van der Waals surface area contributed by atoms with Gasteiger partial charge in [-0.15, -0.1) is 0 Å². The van der Waals surface area contributed by atoms with E-state index in [1.54, 1.807) is 20.0 Å². The van der Waals surface area contributed by atoms with Crippen LogP contribution < -0.4 is 10.6 Å². The maximum Gasteiger partial charge on any atom is 0.356 e. The van der Waals surface area contributed by atoms with Crippen LogP contribution in [0.15, 0.2) is 66.9 Å². The summed E-state index contributed by atoms with van der Waals surface area (Å²) in [5.41, 5.74) is 4.00. The third kappa shape index (κ3) is 7.64. The number of aliphatic hydroxyl groups is 1. The number of nitrogens with zero attached hydrogens (tertiary/aromatic N) is 2. The summed E-state index contributed by atoms with van der Waals surface area (Å²) in [7, 11) is 1.34. The number of benzene rings is 2. The number of aromatic nitrogens is 2. The van der Waals surface area contributed by atoms with Crippen molar-refractivity contribution >= 4 is 34.3 Å². The van der Waals surface area contributed by atoms with Crippen LogP contribution in [-0.4, -0.2) is 52.5 Å². The summed E-state index contributed by atoms with van der Waals surface area (Å²) in [5.74, 6) is 4.78. The zero-order chi connectivity index (χ0) is 31.1. The molecule has 4 aromatic rings. The van der Waals surface area contributed by atoms with Crippen LogP contribution in [0.4, 0.5) is 11.4 Å². The number of carbonyl (C=O) groups is 2. The number of pyridine rings is 1. The lowest BCUT2D eigenvalue weighted by molar-refractivity contribution is -0.119. The molecule has 1 aliphatic rings. The predicted octanol–water partition coefficient (Wildman–Crippen LogP) is 5.17. The van der Waals surface area contributed by atoms with E-state index in [9.17, 15) is 14.7 Å². The molecular weight excluding hydrogens is 556 g/mol. The van der Waals surface area contributed by atoms with Gasteiger partial charge in [0.15, 0.2) is 5.69 Å². The van der Waals surface area contributed by atoms with Crippen molar-refractivity contribution in [3.63, 3.8) is 0 Å². The van der Waals surface area contributed by atoms with E-state index in [0.29, 0.717) is 49.4 Å². The highest BCUT2D eigenvalue weighted by atomic mass is 16.5.